The van der Waals surface area contributed by atoms with E-state index in [1.54, 1.807) is 7.11 Å². The number of piperidine rings is 1. The number of thiophene rings is 1. The van der Waals surface area contributed by atoms with Gasteiger partial charge in [0.25, 0.3) is 0 Å². The van der Waals surface area contributed by atoms with E-state index in [0.29, 0.717) is 5.92 Å². The lowest BCUT2D eigenvalue weighted by atomic mass is 9.88. The molecule has 3 aromatic rings. The molecule has 0 radical (unpaired) electrons. The molecule has 2 aliphatic rings. The highest BCUT2D eigenvalue weighted by atomic mass is 32.1. The lowest BCUT2D eigenvalue weighted by Gasteiger charge is -2.26. The van der Waals surface area contributed by atoms with Gasteiger partial charge in [-0.2, -0.15) is 0 Å². The molecule has 4 nitrogen and oxygen atoms in total. The third-order valence-corrected chi connectivity index (χ3v) is 8.32. The monoisotopic (exact) mass is 465 g/mol. The average Bonchev–Trinajstić information content (AvgIpc) is 3.23. The van der Waals surface area contributed by atoms with Crippen LogP contribution in [0.5, 0.6) is 23.0 Å². The van der Waals surface area contributed by atoms with Crippen LogP contribution < -0.4 is 14.2 Å². The highest BCUT2D eigenvalue weighted by Crippen LogP contribution is 2.48. The van der Waals surface area contributed by atoms with Gasteiger partial charge in [0.05, 0.1) is 12.0 Å². The Kier molecular flexibility index (Phi) is 7.37. The Hall–Kier alpha value is -2.24. The quantitative estimate of drug-likeness (QED) is 0.342. The van der Waals surface area contributed by atoms with Crippen molar-refractivity contribution in [3.05, 3.63) is 47.3 Å². The van der Waals surface area contributed by atoms with Crippen LogP contribution in [0.2, 0.25) is 0 Å². The van der Waals surface area contributed by atoms with Crippen LogP contribution in [0, 0.1) is 0 Å². The Morgan fingerprint density at radius 1 is 0.848 bits per heavy atom. The van der Waals surface area contributed by atoms with E-state index in [4.69, 9.17) is 14.2 Å². The van der Waals surface area contributed by atoms with E-state index in [9.17, 15) is 0 Å². The van der Waals surface area contributed by atoms with Crippen molar-refractivity contribution in [2.45, 2.75) is 57.3 Å². The Bertz CT molecular complexity index is 1030. The molecule has 0 unspecified atom stereocenters. The van der Waals surface area contributed by atoms with Crippen molar-refractivity contribution in [2.75, 3.05) is 33.4 Å². The summed E-state index contributed by atoms with van der Waals surface area (Å²) >= 11 is 1.87. The number of hydrogen-bond donors (Lipinski definition) is 0. The molecule has 1 aliphatic carbocycles. The number of nitrogens with zero attached hydrogens (tertiary/aromatic N) is 1. The molecule has 2 heterocycles. The van der Waals surface area contributed by atoms with E-state index >= 15 is 0 Å². The second-order valence-corrected chi connectivity index (χ2v) is 10.4. The van der Waals surface area contributed by atoms with Crippen molar-refractivity contribution in [1.82, 2.24) is 4.90 Å². The molecule has 0 spiro atoms. The highest BCUT2D eigenvalue weighted by molar-refractivity contribution is 7.19. The second kappa shape index (κ2) is 10.8. The zero-order valence-electron chi connectivity index (χ0n) is 19.7. The summed E-state index contributed by atoms with van der Waals surface area (Å²) in [5, 5.41) is 1.18. The van der Waals surface area contributed by atoms with Crippen molar-refractivity contribution in [1.29, 1.82) is 0 Å². The normalized spacial score (nSPS) is 17.8. The summed E-state index contributed by atoms with van der Waals surface area (Å²) < 4.78 is 19.3. The molecule has 1 saturated carbocycles. The minimum absolute atomic E-state index is 0.592. The number of benzene rings is 2. The van der Waals surface area contributed by atoms with Crippen LogP contribution in [0.3, 0.4) is 0 Å². The Labute approximate surface area is 201 Å². The average molecular weight is 466 g/mol. The molecule has 5 rings (SSSR count). The molecule has 33 heavy (non-hydrogen) atoms. The van der Waals surface area contributed by atoms with Gasteiger partial charge >= 0.3 is 0 Å². The van der Waals surface area contributed by atoms with Crippen LogP contribution in [-0.2, 0) is 0 Å². The van der Waals surface area contributed by atoms with E-state index in [2.05, 4.69) is 17.0 Å². The van der Waals surface area contributed by atoms with Gasteiger partial charge in [0.1, 0.15) is 29.6 Å². The largest absolute Gasteiger partial charge is 0.497 e. The number of likely N-dealkylation sites (tertiary alicyclic amines) is 1. The highest BCUT2D eigenvalue weighted by Gasteiger charge is 2.24. The fourth-order valence-electron chi connectivity index (χ4n) is 5.14. The maximum Gasteiger partial charge on any atom is 0.149 e. The Balaban J connectivity index is 1.30. The van der Waals surface area contributed by atoms with Gasteiger partial charge in [-0.3, -0.25) is 4.90 Å². The van der Waals surface area contributed by atoms with Gasteiger partial charge in [0.15, 0.2) is 0 Å². The molecule has 0 atom stereocenters. The topological polar surface area (TPSA) is 30.9 Å². The lowest BCUT2D eigenvalue weighted by Crippen LogP contribution is -2.33. The SMILES string of the molecule is COc1ccc2c(Oc3ccc(OCCN4CCCCC4)cc3)c(C3CCCCC3)sc2c1. The van der Waals surface area contributed by atoms with Gasteiger partial charge in [-0.05, 0) is 87.2 Å². The van der Waals surface area contributed by atoms with Gasteiger partial charge < -0.3 is 14.2 Å². The summed E-state index contributed by atoms with van der Waals surface area (Å²) in [5.74, 6) is 4.30. The minimum Gasteiger partial charge on any atom is -0.497 e. The van der Waals surface area contributed by atoms with E-state index in [1.807, 2.05) is 41.7 Å². The molecular weight excluding hydrogens is 430 g/mol. The van der Waals surface area contributed by atoms with Crippen LogP contribution in [0.4, 0.5) is 0 Å². The molecule has 1 saturated heterocycles. The number of methoxy groups -OCH3 is 1. The second-order valence-electron chi connectivity index (χ2n) is 9.32. The summed E-state index contributed by atoms with van der Waals surface area (Å²) in [6.45, 7) is 4.16. The maximum atomic E-state index is 6.55. The van der Waals surface area contributed by atoms with Gasteiger partial charge in [0.2, 0.25) is 0 Å². The van der Waals surface area contributed by atoms with Crippen molar-refractivity contribution in [3.8, 4) is 23.0 Å². The van der Waals surface area contributed by atoms with E-state index in [-0.39, 0.29) is 0 Å². The maximum absolute atomic E-state index is 6.55. The van der Waals surface area contributed by atoms with Gasteiger partial charge in [-0.1, -0.05) is 25.7 Å². The molecule has 2 fully saturated rings. The van der Waals surface area contributed by atoms with E-state index < -0.39 is 0 Å². The summed E-state index contributed by atoms with van der Waals surface area (Å²) in [6, 6.07) is 14.4. The number of hydrogen-bond acceptors (Lipinski definition) is 5. The van der Waals surface area contributed by atoms with Crippen molar-refractivity contribution in [3.63, 3.8) is 0 Å². The van der Waals surface area contributed by atoms with Crippen LogP contribution in [0.25, 0.3) is 10.1 Å². The molecule has 5 heteroatoms. The predicted molar refractivity (Wildman–Crippen MR) is 137 cm³/mol. The minimum atomic E-state index is 0.592. The standard InChI is InChI=1S/C28H35NO3S/c1-30-24-14-15-25-26(20-24)33-28(21-8-4-2-5-9-21)27(25)32-23-12-10-22(11-13-23)31-19-18-29-16-6-3-7-17-29/h10-15,20-21H,2-9,16-19H2,1H3. The fourth-order valence-corrected chi connectivity index (χ4v) is 6.46. The third-order valence-electron chi connectivity index (χ3n) is 7.02. The summed E-state index contributed by atoms with van der Waals surface area (Å²) in [4.78, 5) is 3.89. The lowest BCUT2D eigenvalue weighted by molar-refractivity contribution is 0.183. The first-order valence-corrected chi connectivity index (χ1v) is 13.4. The smallest absolute Gasteiger partial charge is 0.149 e. The van der Waals surface area contributed by atoms with E-state index in [0.717, 1.165) is 36.1 Å². The van der Waals surface area contributed by atoms with Crippen molar-refractivity contribution < 1.29 is 14.2 Å². The zero-order chi connectivity index (χ0) is 22.5. The zero-order valence-corrected chi connectivity index (χ0v) is 20.5. The number of fused-ring (bicyclic) bond motifs is 1. The molecule has 0 amide bonds. The molecule has 0 bridgehead atoms. The summed E-state index contributed by atoms with van der Waals surface area (Å²) in [6.07, 6.45) is 10.5. The Morgan fingerprint density at radius 3 is 2.30 bits per heavy atom. The van der Waals surface area contributed by atoms with Crippen molar-refractivity contribution in [2.24, 2.45) is 0 Å². The molecule has 0 N–H and O–H groups in total. The molecular formula is C28H35NO3S. The van der Waals surface area contributed by atoms with Crippen LogP contribution in [0.1, 0.15) is 62.2 Å². The van der Waals surface area contributed by atoms with Crippen LogP contribution in [0.15, 0.2) is 42.5 Å². The molecule has 2 aromatic carbocycles. The number of ether oxygens (including phenoxy) is 3. The first-order valence-electron chi connectivity index (χ1n) is 12.5. The Morgan fingerprint density at radius 2 is 1.55 bits per heavy atom. The molecule has 1 aromatic heterocycles. The van der Waals surface area contributed by atoms with Crippen molar-refractivity contribution >= 4 is 21.4 Å². The summed E-state index contributed by atoms with van der Waals surface area (Å²) in [7, 11) is 1.73. The molecule has 176 valence electrons. The van der Waals surface area contributed by atoms with Gasteiger partial charge in [0, 0.05) is 16.6 Å². The molecule has 1 aliphatic heterocycles. The first-order chi connectivity index (χ1) is 16.3. The summed E-state index contributed by atoms with van der Waals surface area (Å²) in [5.41, 5.74) is 0. The number of rotatable bonds is 8. The van der Waals surface area contributed by atoms with Crippen LogP contribution in [-0.4, -0.2) is 38.3 Å². The van der Waals surface area contributed by atoms with Crippen LogP contribution >= 0.6 is 11.3 Å². The van der Waals surface area contributed by atoms with Gasteiger partial charge in [-0.25, -0.2) is 0 Å². The van der Waals surface area contributed by atoms with Gasteiger partial charge in [-0.15, -0.1) is 11.3 Å². The third kappa shape index (κ3) is 5.47. The van der Waals surface area contributed by atoms with E-state index in [1.165, 1.54) is 79.4 Å². The predicted octanol–water partition coefficient (Wildman–Crippen LogP) is 7.61. The fraction of sp³-hybridized carbons (Fsp3) is 0.500. The first kappa shape index (κ1) is 22.5.